The molecule has 3 rings (SSSR count). The molecule has 1 aromatic rings. The number of carbonyl (C=O) groups is 1. The maximum absolute atomic E-state index is 11.7. The molecule has 2 aliphatic rings. The lowest BCUT2D eigenvalue weighted by molar-refractivity contribution is 0.0519. The number of rotatable bonds is 5. The molecule has 5 heteroatoms. The summed E-state index contributed by atoms with van der Waals surface area (Å²) in [6.07, 6.45) is 5.64. The summed E-state index contributed by atoms with van der Waals surface area (Å²) in [5, 5.41) is 4.28. The van der Waals surface area contributed by atoms with E-state index in [9.17, 15) is 4.79 Å². The van der Waals surface area contributed by atoms with Gasteiger partial charge in [0.05, 0.1) is 6.61 Å². The topological polar surface area (TPSA) is 51.2 Å². The average molecular weight is 294 g/mol. The highest BCUT2D eigenvalue weighted by atomic mass is 32.1. The Kier molecular flexibility index (Phi) is 3.96. The standard InChI is InChI=1S/C15H22N2O2S/c1-3-19-14(18)13-9(2)20-15(17-13)16-8-12-7-10-4-5-11(12)6-10/h10-12H,3-8H2,1-2H3,(H,16,17). The van der Waals surface area contributed by atoms with Crippen molar-refractivity contribution < 1.29 is 9.53 Å². The van der Waals surface area contributed by atoms with Crippen LogP contribution in [-0.4, -0.2) is 24.1 Å². The van der Waals surface area contributed by atoms with Crippen LogP contribution in [0.1, 0.15) is 48.0 Å². The lowest BCUT2D eigenvalue weighted by atomic mass is 9.89. The predicted molar refractivity (Wildman–Crippen MR) is 80.2 cm³/mol. The highest BCUT2D eigenvalue weighted by molar-refractivity contribution is 7.15. The lowest BCUT2D eigenvalue weighted by Crippen LogP contribution is -2.20. The molecule has 0 spiro atoms. The van der Waals surface area contributed by atoms with Gasteiger partial charge in [0.15, 0.2) is 10.8 Å². The molecule has 0 aliphatic heterocycles. The maximum Gasteiger partial charge on any atom is 0.358 e. The smallest absolute Gasteiger partial charge is 0.358 e. The van der Waals surface area contributed by atoms with Crippen molar-refractivity contribution in [2.24, 2.45) is 17.8 Å². The molecular weight excluding hydrogens is 272 g/mol. The van der Waals surface area contributed by atoms with Gasteiger partial charge >= 0.3 is 5.97 Å². The summed E-state index contributed by atoms with van der Waals surface area (Å²) >= 11 is 1.55. The Balaban J connectivity index is 1.58. The molecule has 4 nitrogen and oxygen atoms in total. The summed E-state index contributed by atoms with van der Waals surface area (Å²) < 4.78 is 5.02. The van der Waals surface area contributed by atoms with Gasteiger partial charge in [-0.05, 0) is 50.9 Å². The van der Waals surface area contributed by atoms with Crippen molar-refractivity contribution in [2.75, 3.05) is 18.5 Å². The Morgan fingerprint density at radius 1 is 1.45 bits per heavy atom. The number of nitrogens with zero attached hydrogens (tertiary/aromatic N) is 1. The first kappa shape index (κ1) is 13.9. The summed E-state index contributed by atoms with van der Waals surface area (Å²) in [6, 6.07) is 0. The van der Waals surface area contributed by atoms with Crippen molar-refractivity contribution in [3.63, 3.8) is 0 Å². The number of fused-ring (bicyclic) bond motifs is 2. The van der Waals surface area contributed by atoms with Gasteiger partial charge < -0.3 is 10.1 Å². The van der Waals surface area contributed by atoms with Crippen molar-refractivity contribution in [1.82, 2.24) is 4.98 Å². The molecule has 3 atom stereocenters. The second kappa shape index (κ2) is 5.72. The van der Waals surface area contributed by atoms with Gasteiger partial charge in [0.2, 0.25) is 0 Å². The summed E-state index contributed by atoms with van der Waals surface area (Å²) in [4.78, 5) is 17.1. The number of thiazole rings is 1. The van der Waals surface area contributed by atoms with Gasteiger partial charge in [0.1, 0.15) is 0 Å². The Morgan fingerprint density at radius 3 is 2.95 bits per heavy atom. The zero-order chi connectivity index (χ0) is 14.1. The molecule has 2 fully saturated rings. The Bertz CT molecular complexity index is 500. The number of anilines is 1. The average Bonchev–Trinajstić information content (AvgIpc) is 3.11. The highest BCUT2D eigenvalue weighted by Crippen LogP contribution is 2.48. The summed E-state index contributed by atoms with van der Waals surface area (Å²) in [7, 11) is 0. The third-order valence-electron chi connectivity index (χ3n) is 4.67. The molecule has 2 bridgehead atoms. The number of hydrogen-bond donors (Lipinski definition) is 1. The number of esters is 1. The number of hydrogen-bond acceptors (Lipinski definition) is 5. The summed E-state index contributed by atoms with van der Waals surface area (Å²) in [5.74, 6) is 2.37. The number of nitrogens with one attached hydrogen (secondary N) is 1. The first-order chi connectivity index (χ1) is 9.67. The van der Waals surface area contributed by atoms with Crippen molar-refractivity contribution >= 4 is 22.4 Å². The van der Waals surface area contributed by atoms with E-state index in [1.807, 2.05) is 13.8 Å². The minimum atomic E-state index is -0.311. The maximum atomic E-state index is 11.7. The van der Waals surface area contributed by atoms with Crippen LogP contribution in [0.3, 0.4) is 0 Å². The lowest BCUT2D eigenvalue weighted by Gasteiger charge is -2.21. The van der Waals surface area contributed by atoms with Crippen LogP contribution in [0.25, 0.3) is 0 Å². The van der Waals surface area contributed by atoms with E-state index in [1.54, 1.807) is 11.3 Å². The fourth-order valence-corrected chi connectivity index (χ4v) is 4.51. The van der Waals surface area contributed by atoms with Crippen LogP contribution >= 0.6 is 11.3 Å². The monoisotopic (exact) mass is 294 g/mol. The SMILES string of the molecule is CCOC(=O)c1nc(NCC2CC3CCC2C3)sc1C. The van der Waals surface area contributed by atoms with E-state index < -0.39 is 0 Å². The number of carbonyl (C=O) groups excluding carboxylic acids is 1. The van der Waals surface area contributed by atoms with E-state index in [0.717, 1.165) is 34.3 Å². The second-order valence-electron chi connectivity index (χ2n) is 5.96. The third kappa shape index (κ3) is 2.68. The largest absolute Gasteiger partial charge is 0.461 e. The predicted octanol–water partition coefficient (Wildman–Crippen LogP) is 3.48. The minimum absolute atomic E-state index is 0.311. The molecule has 1 heterocycles. The van der Waals surface area contributed by atoms with Crippen LogP contribution in [0.15, 0.2) is 0 Å². The van der Waals surface area contributed by atoms with Crippen LogP contribution in [0.2, 0.25) is 0 Å². The van der Waals surface area contributed by atoms with Crippen molar-refractivity contribution in [2.45, 2.75) is 39.5 Å². The molecular formula is C15H22N2O2S. The fraction of sp³-hybridized carbons (Fsp3) is 0.733. The van der Waals surface area contributed by atoms with E-state index in [1.165, 1.54) is 25.7 Å². The van der Waals surface area contributed by atoms with Gasteiger partial charge in [-0.1, -0.05) is 6.42 Å². The zero-order valence-electron chi connectivity index (χ0n) is 12.1. The molecule has 2 aliphatic carbocycles. The molecule has 0 radical (unpaired) electrons. The van der Waals surface area contributed by atoms with Crippen LogP contribution in [0.5, 0.6) is 0 Å². The molecule has 20 heavy (non-hydrogen) atoms. The van der Waals surface area contributed by atoms with Gasteiger partial charge in [-0.15, -0.1) is 11.3 Å². The van der Waals surface area contributed by atoms with Gasteiger partial charge in [-0.3, -0.25) is 0 Å². The van der Waals surface area contributed by atoms with Crippen LogP contribution in [0, 0.1) is 24.7 Å². The summed E-state index contributed by atoms with van der Waals surface area (Å²) in [6.45, 7) is 5.13. The fourth-order valence-electron chi connectivity index (χ4n) is 3.71. The van der Waals surface area contributed by atoms with Crippen LogP contribution in [0.4, 0.5) is 5.13 Å². The van der Waals surface area contributed by atoms with E-state index in [-0.39, 0.29) is 5.97 Å². The Morgan fingerprint density at radius 2 is 2.30 bits per heavy atom. The van der Waals surface area contributed by atoms with E-state index in [2.05, 4.69) is 10.3 Å². The second-order valence-corrected chi connectivity index (χ2v) is 7.16. The first-order valence-corrected chi connectivity index (χ1v) is 8.37. The first-order valence-electron chi connectivity index (χ1n) is 7.55. The van der Waals surface area contributed by atoms with Crippen LogP contribution in [-0.2, 0) is 4.74 Å². The van der Waals surface area contributed by atoms with Crippen molar-refractivity contribution in [1.29, 1.82) is 0 Å². The summed E-state index contributed by atoms with van der Waals surface area (Å²) in [5.41, 5.74) is 0.465. The number of aromatic nitrogens is 1. The number of ether oxygens (including phenoxy) is 1. The molecule has 2 saturated carbocycles. The quantitative estimate of drug-likeness (QED) is 0.845. The number of aryl methyl sites for hydroxylation is 1. The zero-order valence-corrected chi connectivity index (χ0v) is 13.0. The molecule has 0 amide bonds. The van der Waals surface area contributed by atoms with Gasteiger partial charge in [0.25, 0.3) is 0 Å². The molecule has 1 aromatic heterocycles. The van der Waals surface area contributed by atoms with Crippen molar-refractivity contribution in [3.8, 4) is 0 Å². The van der Waals surface area contributed by atoms with E-state index in [0.29, 0.717) is 12.3 Å². The highest BCUT2D eigenvalue weighted by Gasteiger charge is 2.39. The Hall–Kier alpha value is -1.10. The molecule has 0 saturated heterocycles. The minimum Gasteiger partial charge on any atom is -0.461 e. The van der Waals surface area contributed by atoms with Gasteiger partial charge in [-0.2, -0.15) is 0 Å². The van der Waals surface area contributed by atoms with Crippen LogP contribution < -0.4 is 5.32 Å². The van der Waals surface area contributed by atoms with E-state index in [4.69, 9.17) is 4.74 Å². The van der Waals surface area contributed by atoms with Gasteiger partial charge in [0, 0.05) is 11.4 Å². The Labute approximate surface area is 123 Å². The third-order valence-corrected chi connectivity index (χ3v) is 5.59. The molecule has 0 aromatic carbocycles. The molecule has 110 valence electrons. The normalized spacial score (nSPS) is 27.8. The van der Waals surface area contributed by atoms with Gasteiger partial charge in [-0.25, -0.2) is 9.78 Å². The molecule has 3 unspecified atom stereocenters. The van der Waals surface area contributed by atoms with E-state index >= 15 is 0 Å². The molecule has 1 N–H and O–H groups in total. The van der Waals surface area contributed by atoms with Crippen molar-refractivity contribution in [3.05, 3.63) is 10.6 Å².